The second-order valence-corrected chi connectivity index (χ2v) is 6.49. The Kier molecular flexibility index (Phi) is 6.15. The number of pyridine rings is 1. The number of nitrogens with one attached hydrogen (secondary N) is 1. The van der Waals surface area contributed by atoms with E-state index in [0.29, 0.717) is 13.0 Å². The molecule has 0 bridgehead atoms. The number of carbonyl (C=O) groups is 1. The van der Waals surface area contributed by atoms with Gasteiger partial charge in [-0.2, -0.15) is 0 Å². The summed E-state index contributed by atoms with van der Waals surface area (Å²) < 4.78 is 0. The van der Waals surface area contributed by atoms with E-state index in [9.17, 15) is 4.79 Å². The van der Waals surface area contributed by atoms with Crippen molar-refractivity contribution < 1.29 is 4.79 Å². The van der Waals surface area contributed by atoms with E-state index in [1.807, 2.05) is 48.7 Å². The van der Waals surface area contributed by atoms with E-state index in [-0.39, 0.29) is 11.8 Å². The lowest BCUT2D eigenvalue weighted by molar-refractivity contribution is -0.121. The number of aromatic nitrogens is 1. The van der Waals surface area contributed by atoms with Gasteiger partial charge in [-0.05, 0) is 41.7 Å². The number of amides is 1. The van der Waals surface area contributed by atoms with Crippen LogP contribution in [0.5, 0.6) is 0 Å². The van der Waals surface area contributed by atoms with Crippen molar-refractivity contribution in [3.05, 3.63) is 101 Å². The molecule has 3 aromatic rings. The smallest absolute Gasteiger partial charge is 0.220 e. The Labute approximate surface area is 155 Å². The Morgan fingerprint density at radius 2 is 1.77 bits per heavy atom. The third-order valence-electron chi connectivity index (χ3n) is 4.61. The molecular weight excluding hydrogens is 320 g/mol. The predicted molar refractivity (Wildman–Crippen MR) is 105 cm³/mol. The van der Waals surface area contributed by atoms with Gasteiger partial charge in [-0.25, -0.2) is 0 Å². The van der Waals surface area contributed by atoms with E-state index in [2.05, 4.69) is 41.5 Å². The Morgan fingerprint density at radius 3 is 2.50 bits per heavy atom. The molecule has 3 rings (SSSR count). The van der Waals surface area contributed by atoms with Gasteiger partial charge in [0.25, 0.3) is 0 Å². The summed E-state index contributed by atoms with van der Waals surface area (Å²) in [5.74, 6) is 0.141. The van der Waals surface area contributed by atoms with Crippen LogP contribution in [-0.2, 0) is 11.2 Å². The van der Waals surface area contributed by atoms with Crippen LogP contribution >= 0.6 is 0 Å². The highest BCUT2D eigenvalue weighted by molar-refractivity contribution is 5.77. The molecule has 1 N–H and O–H groups in total. The molecule has 0 fully saturated rings. The second kappa shape index (κ2) is 8.95. The van der Waals surface area contributed by atoms with E-state index in [0.717, 1.165) is 12.0 Å². The van der Waals surface area contributed by atoms with Gasteiger partial charge in [0, 0.05) is 31.3 Å². The molecular formula is C23H24N2O. The molecule has 1 amide bonds. The fourth-order valence-electron chi connectivity index (χ4n) is 3.22. The largest absolute Gasteiger partial charge is 0.356 e. The van der Waals surface area contributed by atoms with E-state index in [4.69, 9.17) is 0 Å². The maximum Gasteiger partial charge on any atom is 0.220 e. The lowest BCUT2D eigenvalue weighted by Gasteiger charge is -2.20. The zero-order chi connectivity index (χ0) is 18.2. The minimum absolute atomic E-state index is 0.0655. The lowest BCUT2D eigenvalue weighted by Crippen LogP contribution is -2.27. The molecule has 3 heteroatoms. The molecule has 0 radical (unpaired) electrons. The van der Waals surface area contributed by atoms with Crippen LogP contribution in [0.25, 0.3) is 0 Å². The SMILES string of the molecule is Cc1ccccc1[C@H](CC(=O)NCCc1cccnc1)c1ccccc1. The monoisotopic (exact) mass is 344 g/mol. The van der Waals surface area contributed by atoms with Gasteiger partial charge in [0.1, 0.15) is 0 Å². The maximum absolute atomic E-state index is 12.6. The van der Waals surface area contributed by atoms with Gasteiger partial charge in [-0.1, -0.05) is 60.7 Å². The molecule has 3 nitrogen and oxygen atoms in total. The molecule has 0 spiro atoms. The molecule has 132 valence electrons. The Bertz CT molecular complexity index is 831. The fourth-order valence-corrected chi connectivity index (χ4v) is 3.22. The summed E-state index contributed by atoms with van der Waals surface area (Å²) in [7, 11) is 0. The minimum Gasteiger partial charge on any atom is -0.356 e. The molecule has 0 aliphatic heterocycles. The first-order valence-electron chi connectivity index (χ1n) is 9.00. The van der Waals surface area contributed by atoms with Crippen molar-refractivity contribution >= 4 is 5.91 Å². The number of benzene rings is 2. The van der Waals surface area contributed by atoms with Gasteiger partial charge >= 0.3 is 0 Å². The van der Waals surface area contributed by atoms with Crippen LogP contribution in [0.3, 0.4) is 0 Å². The summed E-state index contributed by atoms with van der Waals surface area (Å²) in [6.07, 6.45) is 4.84. The highest BCUT2D eigenvalue weighted by atomic mass is 16.1. The molecule has 1 heterocycles. The minimum atomic E-state index is 0.0655. The van der Waals surface area contributed by atoms with E-state index in [1.165, 1.54) is 16.7 Å². The van der Waals surface area contributed by atoms with Crippen LogP contribution in [0, 0.1) is 6.92 Å². The molecule has 0 saturated heterocycles. The van der Waals surface area contributed by atoms with E-state index in [1.54, 1.807) is 6.20 Å². The molecule has 0 unspecified atom stereocenters. The molecule has 0 aliphatic rings. The van der Waals surface area contributed by atoms with Crippen molar-refractivity contribution in [2.24, 2.45) is 0 Å². The maximum atomic E-state index is 12.6. The standard InChI is InChI=1S/C23H24N2O/c1-18-8-5-6-12-21(18)22(20-10-3-2-4-11-20)16-23(26)25-15-13-19-9-7-14-24-17-19/h2-12,14,17,22H,13,15-16H2,1H3,(H,25,26)/t22-/m1/s1. The number of aryl methyl sites for hydroxylation is 1. The molecule has 1 atom stereocenters. The summed E-state index contributed by atoms with van der Waals surface area (Å²) in [5, 5.41) is 3.05. The predicted octanol–water partition coefficient (Wildman–Crippen LogP) is 4.27. The first-order chi connectivity index (χ1) is 12.7. The van der Waals surface area contributed by atoms with Crippen LogP contribution in [0.2, 0.25) is 0 Å². The highest BCUT2D eigenvalue weighted by Crippen LogP contribution is 2.30. The van der Waals surface area contributed by atoms with Crippen molar-refractivity contribution in [3.63, 3.8) is 0 Å². The van der Waals surface area contributed by atoms with Gasteiger partial charge in [-0.15, -0.1) is 0 Å². The molecule has 0 saturated carbocycles. The summed E-state index contributed by atoms with van der Waals surface area (Å²) >= 11 is 0. The Morgan fingerprint density at radius 1 is 1.00 bits per heavy atom. The normalized spacial score (nSPS) is 11.7. The molecule has 26 heavy (non-hydrogen) atoms. The van der Waals surface area contributed by atoms with Crippen molar-refractivity contribution in [1.82, 2.24) is 10.3 Å². The average Bonchev–Trinajstić information content (AvgIpc) is 2.68. The zero-order valence-corrected chi connectivity index (χ0v) is 15.1. The summed E-state index contributed by atoms with van der Waals surface area (Å²) in [6.45, 7) is 2.73. The first kappa shape index (κ1) is 17.9. The fraction of sp³-hybridized carbons (Fsp3) is 0.217. The van der Waals surface area contributed by atoms with Crippen molar-refractivity contribution in [2.75, 3.05) is 6.54 Å². The molecule has 2 aromatic carbocycles. The van der Waals surface area contributed by atoms with Gasteiger partial charge < -0.3 is 5.32 Å². The van der Waals surface area contributed by atoms with Crippen molar-refractivity contribution in [1.29, 1.82) is 0 Å². The summed E-state index contributed by atoms with van der Waals surface area (Å²) in [4.78, 5) is 16.7. The van der Waals surface area contributed by atoms with Crippen molar-refractivity contribution in [2.45, 2.75) is 25.7 Å². The van der Waals surface area contributed by atoms with Gasteiger partial charge in [0.05, 0.1) is 0 Å². The molecule has 0 aliphatic carbocycles. The third kappa shape index (κ3) is 4.79. The Balaban J connectivity index is 1.68. The van der Waals surface area contributed by atoms with Crippen LogP contribution < -0.4 is 5.32 Å². The van der Waals surface area contributed by atoms with Gasteiger partial charge in [-0.3, -0.25) is 9.78 Å². The lowest BCUT2D eigenvalue weighted by atomic mass is 9.86. The summed E-state index contributed by atoms with van der Waals surface area (Å²) in [5.41, 5.74) is 4.72. The number of hydrogen-bond donors (Lipinski definition) is 1. The topological polar surface area (TPSA) is 42.0 Å². The molecule has 1 aromatic heterocycles. The van der Waals surface area contributed by atoms with E-state index >= 15 is 0 Å². The number of nitrogens with zero attached hydrogens (tertiary/aromatic N) is 1. The number of carbonyl (C=O) groups excluding carboxylic acids is 1. The van der Waals surface area contributed by atoms with Crippen LogP contribution in [0.1, 0.15) is 34.6 Å². The van der Waals surface area contributed by atoms with Crippen LogP contribution in [0.4, 0.5) is 0 Å². The van der Waals surface area contributed by atoms with Gasteiger partial charge in [0.15, 0.2) is 0 Å². The highest BCUT2D eigenvalue weighted by Gasteiger charge is 2.19. The van der Waals surface area contributed by atoms with E-state index < -0.39 is 0 Å². The Hall–Kier alpha value is -2.94. The number of hydrogen-bond acceptors (Lipinski definition) is 2. The zero-order valence-electron chi connectivity index (χ0n) is 15.1. The van der Waals surface area contributed by atoms with Crippen molar-refractivity contribution in [3.8, 4) is 0 Å². The second-order valence-electron chi connectivity index (χ2n) is 6.49. The quantitative estimate of drug-likeness (QED) is 0.695. The average molecular weight is 344 g/mol. The number of rotatable bonds is 7. The summed E-state index contributed by atoms with van der Waals surface area (Å²) in [6, 6.07) is 22.5. The van der Waals surface area contributed by atoms with Crippen LogP contribution in [-0.4, -0.2) is 17.4 Å². The van der Waals surface area contributed by atoms with Gasteiger partial charge in [0.2, 0.25) is 5.91 Å². The first-order valence-corrected chi connectivity index (χ1v) is 9.00. The third-order valence-corrected chi connectivity index (χ3v) is 4.61. The van der Waals surface area contributed by atoms with Crippen LogP contribution in [0.15, 0.2) is 79.1 Å².